The van der Waals surface area contributed by atoms with Gasteiger partial charge in [0.25, 0.3) is 0 Å². The number of benzene rings is 1. The van der Waals surface area contributed by atoms with Gasteiger partial charge in [0.15, 0.2) is 0 Å². The molecule has 1 unspecified atom stereocenters. The van der Waals surface area contributed by atoms with Gasteiger partial charge >= 0.3 is 0 Å². The van der Waals surface area contributed by atoms with Crippen molar-refractivity contribution in [3.05, 3.63) is 29.3 Å². The molecule has 0 fully saturated rings. The summed E-state index contributed by atoms with van der Waals surface area (Å²) < 4.78 is 0. The van der Waals surface area contributed by atoms with Crippen LogP contribution in [0.3, 0.4) is 0 Å². The van der Waals surface area contributed by atoms with Crippen molar-refractivity contribution in [3.63, 3.8) is 0 Å². The SMILES string of the molecule is CCCCCNCC(C)Sc1cc(C)ccc1C. The molecule has 0 aliphatic rings. The van der Waals surface area contributed by atoms with Gasteiger partial charge in [0.2, 0.25) is 0 Å². The molecular formula is C16H27NS. The third-order valence-corrected chi connectivity index (χ3v) is 4.32. The van der Waals surface area contributed by atoms with E-state index in [2.05, 4.69) is 51.2 Å². The summed E-state index contributed by atoms with van der Waals surface area (Å²) in [6.45, 7) is 11.2. The van der Waals surface area contributed by atoms with Gasteiger partial charge in [0.05, 0.1) is 0 Å². The topological polar surface area (TPSA) is 12.0 Å². The predicted molar refractivity (Wildman–Crippen MR) is 83.6 cm³/mol. The molecular weight excluding hydrogens is 238 g/mol. The van der Waals surface area contributed by atoms with Gasteiger partial charge in [-0.15, -0.1) is 11.8 Å². The Morgan fingerprint density at radius 1 is 1.22 bits per heavy atom. The van der Waals surface area contributed by atoms with Gasteiger partial charge in [-0.25, -0.2) is 0 Å². The smallest absolute Gasteiger partial charge is 0.0191 e. The molecule has 1 aromatic carbocycles. The summed E-state index contributed by atoms with van der Waals surface area (Å²) in [4.78, 5) is 1.43. The van der Waals surface area contributed by atoms with Crippen LogP contribution in [-0.2, 0) is 0 Å². The zero-order valence-corrected chi connectivity index (χ0v) is 13.1. The van der Waals surface area contributed by atoms with Gasteiger partial charge in [-0.3, -0.25) is 0 Å². The highest BCUT2D eigenvalue weighted by atomic mass is 32.2. The molecule has 2 heteroatoms. The zero-order chi connectivity index (χ0) is 13.4. The largest absolute Gasteiger partial charge is 0.316 e. The molecule has 1 atom stereocenters. The minimum absolute atomic E-state index is 0.632. The van der Waals surface area contributed by atoms with Gasteiger partial charge in [-0.2, -0.15) is 0 Å². The molecule has 0 aliphatic carbocycles. The Morgan fingerprint density at radius 3 is 2.72 bits per heavy atom. The summed E-state index contributed by atoms with van der Waals surface area (Å²) in [6, 6.07) is 6.71. The first-order valence-electron chi connectivity index (χ1n) is 7.08. The summed E-state index contributed by atoms with van der Waals surface area (Å²) in [6.07, 6.45) is 3.94. The number of hydrogen-bond acceptors (Lipinski definition) is 2. The number of nitrogens with one attached hydrogen (secondary N) is 1. The second-order valence-electron chi connectivity index (χ2n) is 5.11. The molecule has 0 spiro atoms. The summed E-state index contributed by atoms with van der Waals surface area (Å²) in [5.74, 6) is 0. The van der Waals surface area contributed by atoms with Crippen LogP contribution in [-0.4, -0.2) is 18.3 Å². The van der Waals surface area contributed by atoms with E-state index >= 15 is 0 Å². The molecule has 1 rings (SSSR count). The first-order valence-corrected chi connectivity index (χ1v) is 7.96. The maximum absolute atomic E-state index is 3.55. The van der Waals surface area contributed by atoms with E-state index in [0.29, 0.717) is 5.25 Å². The van der Waals surface area contributed by atoms with Gasteiger partial charge in [0.1, 0.15) is 0 Å². The first kappa shape index (κ1) is 15.6. The Balaban J connectivity index is 2.30. The van der Waals surface area contributed by atoms with Crippen LogP contribution in [0.5, 0.6) is 0 Å². The number of hydrogen-bond donors (Lipinski definition) is 1. The highest BCUT2D eigenvalue weighted by Crippen LogP contribution is 2.27. The molecule has 0 aliphatic heterocycles. The minimum atomic E-state index is 0.632. The average Bonchev–Trinajstić information content (AvgIpc) is 2.33. The van der Waals surface area contributed by atoms with E-state index < -0.39 is 0 Å². The second kappa shape index (κ2) is 8.60. The number of unbranched alkanes of at least 4 members (excludes halogenated alkanes) is 2. The van der Waals surface area contributed by atoms with Crippen LogP contribution in [0.1, 0.15) is 44.2 Å². The number of aryl methyl sites for hydroxylation is 2. The Hall–Kier alpha value is -0.470. The Morgan fingerprint density at radius 2 is 2.00 bits per heavy atom. The molecule has 0 aromatic heterocycles. The van der Waals surface area contributed by atoms with Crippen LogP contribution in [0, 0.1) is 13.8 Å². The molecule has 0 saturated heterocycles. The quantitative estimate of drug-likeness (QED) is 0.546. The first-order chi connectivity index (χ1) is 8.63. The summed E-state index contributed by atoms with van der Waals surface area (Å²) in [5, 5.41) is 4.19. The van der Waals surface area contributed by atoms with Crippen molar-refractivity contribution >= 4 is 11.8 Å². The van der Waals surface area contributed by atoms with Gasteiger partial charge < -0.3 is 5.32 Å². The maximum atomic E-state index is 3.55. The standard InChI is InChI=1S/C16H27NS/c1-5-6-7-10-17-12-15(4)18-16-11-13(2)8-9-14(16)3/h8-9,11,15,17H,5-7,10,12H2,1-4H3. The van der Waals surface area contributed by atoms with Crippen LogP contribution in [0.15, 0.2) is 23.1 Å². The lowest BCUT2D eigenvalue weighted by Crippen LogP contribution is -2.23. The van der Waals surface area contributed by atoms with E-state index in [0.717, 1.165) is 13.1 Å². The van der Waals surface area contributed by atoms with Crippen LogP contribution < -0.4 is 5.32 Å². The molecule has 18 heavy (non-hydrogen) atoms. The van der Waals surface area contributed by atoms with Crippen molar-refractivity contribution in [1.82, 2.24) is 5.32 Å². The van der Waals surface area contributed by atoms with Gasteiger partial charge in [-0.05, 0) is 38.4 Å². The fraction of sp³-hybridized carbons (Fsp3) is 0.625. The lowest BCUT2D eigenvalue weighted by Gasteiger charge is -2.14. The molecule has 0 amide bonds. The fourth-order valence-corrected chi connectivity index (χ4v) is 3.04. The van der Waals surface area contributed by atoms with E-state index in [1.807, 2.05) is 11.8 Å². The highest BCUT2D eigenvalue weighted by molar-refractivity contribution is 8.00. The zero-order valence-electron chi connectivity index (χ0n) is 12.3. The Bertz CT molecular complexity index is 349. The van der Waals surface area contributed by atoms with Crippen molar-refractivity contribution < 1.29 is 0 Å². The normalized spacial score (nSPS) is 12.7. The molecule has 0 saturated carbocycles. The molecule has 0 radical (unpaired) electrons. The summed E-state index contributed by atoms with van der Waals surface area (Å²) in [7, 11) is 0. The molecule has 1 aromatic rings. The van der Waals surface area contributed by atoms with Crippen molar-refractivity contribution in [1.29, 1.82) is 0 Å². The number of thioether (sulfide) groups is 1. The molecule has 1 nitrogen and oxygen atoms in total. The Kier molecular flexibility index (Phi) is 7.45. The molecule has 1 N–H and O–H groups in total. The van der Waals surface area contributed by atoms with Crippen molar-refractivity contribution in [2.24, 2.45) is 0 Å². The monoisotopic (exact) mass is 265 g/mol. The maximum Gasteiger partial charge on any atom is 0.0191 e. The van der Waals surface area contributed by atoms with Crippen LogP contribution in [0.4, 0.5) is 0 Å². The fourth-order valence-electron chi connectivity index (χ4n) is 1.90. The third-order valence-electron chi connectivity index (χ3n) is 3.06. The molecule has 0 heterocycles. The molecule has 0 bridgehead atoms. The van der Waals surface area contributed by atoms with E-state index in [1.54, 1.807) is 0 Å². The number of rotatable bonds is 8. The van der Waals surface area contributed by atoms with Crippen LogP contribution in [0.2, 0.25) is 0 Å². The van der Waals surface area contributed by atoms with Gasteiger partial charge in [0, 0.05) is 16.7 Å². The lowest BCUT2D eigenvalue weighted by atomic mass is 10.2. The van der Waals surface area contributed by atoms with Crippen molar-refractivity contribution in [2.45, 2.75) is 57.1 Å². The lowest BCUT2D eigenvalue weighted by molar-refractivity contribution is 0.615. The van der Waals surface area contributed by atoms with E-state index in [9.17, 15) is 0 Å². The minimum Gasteiger partial charge on any atom is -0.316 e. The van der Waals surface area contributed by atoms with Crippen LogP contribution in [0.25, 0.3) is 0 Å². The summed E-state index contributed by atoms with van der Waals surface area (Å²) in [5.41, 5.74) is 2.75. The van der Waals surface area contributed by atoms with E-state index in [-0.39, 0.29) is 0 Å². The second-order valence-corrected chi connectivity index (χ2v) is 6.59. The third kappa shape index (κ3) is 5.92. The average molecular weight is 265 g/mol. The van der Waals surface area contributed by atoms with Crippen LogP contribution >= 0.6 is 11.8 Å². The highest BCUT2D eigenvalue weighted by Gasteiger charge is 2.06. The van der Waals surface area contributed by atoms with Crippen molar-refractivity contribution in [2.75, 3.05) is 13.1 Å². The summed E-state index contributed by atoms with van der Waals surface area (Å²) >= 11 is 1.99. The van der Waals surface area contributed by atoms with Gasteiger partial charge in [-0.1, -0.05) is 44.4 Å². The predicted octanol–water partition coefficient (Wildman–Crippen LogP) is 4.56. The Labute approximate surface area is 117 Å². The van der Waals surface area contributed by atoms with E-state index in [4.69, 9.17) is 0 Å². The molecule has 102 valence electrons. The van der Waals surface area contributed by atoms with E-state index in [1.165, 1.54) is 35.3 Å². The van der Waals surface area contributed by atoms with Crippen molar-refractivity contribution in [3.8, 4) is 0 Å².